The molecule has 70 valence electrons. The van der Waals surface area contributed by atoms with Crippen molar-refractivity contribution in [2.24, 2.45) is 7.05 Å². The lowest BCUT2D eigenvalue weighted by atomic mass is 10.2. The second-order valence-electron chi connectivity index (χ2n) is 3.53. The van der Waals surface area contributed by atoms with Gasteiger partial charge in [-0.15, -0.1) is 0 Å². The maximum atomic E-state index is 10.5. The summed E-state index contributed by atoms with van der Waals surface area (Å²) in [5.74, 6) is -0.209. The van der Waals surface area contributed by atoms with Crippen LogP contribution in [0.25, 0.3) is 0 Å². The molecule has 0 unspecified atom stereocenters. The van der Waals surface area contributed by atoms with Crippen LogP contribution in [-0.4, -0.2) is 20.9 Å². The predicted molar refractivity (Wildman–Crippen MR) is 46.5 cm³/mol. The Balaban J connectivity index is 2.19. The second-order valence-corrected chi connectivity index (χ2v) is 3.53. The van der Waals surface area contributed by atoms with E-state index in [9.17, 15) is 4.79 Å². The zero-order valence-corrected chi connectivity index (χ0v) is 7.53. The van der Waals surface area contributed by atoms with Gasteiger partial charge in [0.2, 0.25) is 0 Å². The number of rotatable bonds is 3. The number of aromatic nitrogens is 2. The van der Waals surface area contributed by atoms with Crippen LogP contribution in [0.5, 0.6) is 0 Å². The Labute approximate surface area is 76.2 Å². The fourth-order valence-electron chi connectivity index (χ4n) is 1.43. The average molecular weight is 180 g/mol. The van der Waals surface area contributed by atoms with E-state index in [2.05, 4.69) is 5.10 Å². The minimum Gasteiger partial charge on any atom is -0.481 e. The summed E-state index contributed by atoms with van der Waals surface area (Å²) in [6, 6.07) is 1.91. The van der Waals surface area contributed by atoms with E-state index in [1.165, 1.54) is 12.8 Å². The van der Waals surface area contributed by atoms with Gasteiger partial charge in [-0.2, -0.15) is 5.10 Å². The lowest BCUT2D eigenvalue weighted by Crippen LogP contribution is -2.05. The standard InChI is InChI=1S/C9H12N2O2/c1-11-7(5-9(12)13)4-8(10-11)6-2-3-6/h4,6H,2-3,5H2,1H3,(H,12,13). The minimum absolute atomic E-state index is 0.0657. The molecular weight excluding hydrogens is 168 g/mol. The molecule has 0 aromatic carbocycles. The Morgan fingerprint density at radius 2 is 2.46 bits per heavy atom. The summed E-state index contributed by atoms with van der Waals surface area (Å²) in [6.07, 6.45) is 2.46. The van der Waals surface area contributed by atoms with Gasteiger partial charge in [-0.05, 0) is 18.9 Å². The Kier molecular flexibility index (Phi) is 1.83. The van der Waals surface area contributed by atoms with E-state index in [-0.39, 0.29) is 6.42 Å². The summed E-state index contributed by atoms with van der Waals surface area (Å²) >= 11 is 0. The van der Waals surface area contributed by atoms with E-state index in [0.717, 1.165) is 11.4 Å². The number of hydrogen-bond donors (Lipinski definition) is 1. The molecule has 1 fully saturated rings. The molecule has 0 radical (unpaired) electrons. The van der Waals surface area contributed by atoms with Crippen molar-refractivity contribution in [1.82, 2.24) is 9.78 Å². The molecule has 0 spiro atoms. The highest BCUT2D eigenvalue weighted by Gasteiger charge is 2.26. The molecule has 4 heteroatoms. The van der Waals surface area contributed by atoms with E-state index < -0.39 is 5.97 Å². The van der Waals surface area contributed by atoms with Gasteiger partial charge in [-0.25, -0.2) is 0 Å². The number of carbonyl (C=O) groups is 1. The van der Waals surface area contributed by atoms with Gasteiger partial charge in [0.1, 0.15) is 0 Å². The highest BCUT2D eigenvalue weighted by molar-refractivity contribution is 5.69. The molecule has 1 aliphatic carbocycles. The quantitative estimate of drug-likeness (QED) is 0.752. The Morgan fingerprint density at radius 1 is 1.77 bits per heavy atom. The van der Waals surface area contributed by atoms with Gasteiger partial charge in [0, 0.05) is 18.7 Å². The maximum Gasteiger partial charge on any atom is 0.309 e. The van der Waals surface area contributed by atoms with Crippen molar-refractivity contribution in [2.45, 2.75) is 25.2 Å². The molecule has 4 nitrogen and oxygen atoms in total. The third kappa shape index (κ3) is 1.71. The van der Waals surface area contributed by atoms with E-state index in [1.807, 2.05) is 6.07 Å². The van der Waals surface area contributed by atoms with Crippen molar-refractivity contribution >= 4 is 5.97 Å². The van der Waals surface area contributed by atoms with E-state index in [0.29, 0.717) is 5.92 Å². The van der Waals surface area contributed by atoms with Gasteiger partial charge in [-0.3, -0.25) is 9.48 Å². The van der Waals surface area contributed by atoms with E-state index in [4.69, 9.17) is 5.11 Å². The summed E-state index contributed by atoms with van der Waals surface area (Å²) in [5, 5.41) is 12.9. The van der Waals surface area contributed by atoms with Crippen molar-refractivity contribution < 1.29 is 9.90 Å². The van der Waals surface area contributed by atoms with E-state index >= 15 is 0 Å². The number of carboxylic acids is 1. The fourth-order valence-corrected chi connectivity index (χ4v) is 1.43. The zero-order chi connectivity index (χ0) is 9.42. The normalized spacial score (nSPS) is 16.1. The van der Waals surface area contributed by atoms with Crippen molar-refractivity contribution in [1.29, 1.82) is 0 Å². The molecule has 1 aliphatic rings. The summed E-state index contributed by atoms with van der Waals surface area (Å²) in [7, 11) is 1.80. The van der Waals surface area contributed by atoms with Gasteiger partial charge in [-0.1, -0.05) is 0 Å². The zero-order valence-electron chi connectivity index (χ0n) is 7.53. The second kappa shape index (κ2) is 2.87. The first-order valence-corrected chi connectivity index (χ1v) is 4.41. The Hall–Kier alpha value is -1.32. The molecule has 1 aromatic rings. The Bertz CT molecular complexity index is 339. The first-order valence-electron chi connectivity index (χ1n) is 4.41. The molecule has 0 atom stereocenters. The number of aliphatic carboxylic acids is 1. The van der Waals surface area contributed by atoms with Crippen molar-refractivity contribution in [3.63, 3.8) is 0 Å². The van der Waals surface area contributed by atoms with Gasteiger partial charge in [0.05, 0.1) is 12.1 Å². The van der Waals surface area contributed by atoms with Crippen LogP contribution in [0.15, 0.2) is 6.07 Å². The molecule has 1 N–H and O–H groups in total. The van der Waals surface area contributed by atoms with Crippen LogP contribution in [0.1, 0.15) is 30.1 Å². The molecule has 1 aromatic heterocycles. The molecule has 1 heterocycles. The highest BCUT2D eigenvalue weighted by atomic mass is 16.4. The van der Waals surface area contributed by atoms with Crippen LogP contribution in [0.2, 0.25) is 0 Å². The van der Waals surface area contributed by atoms with Crippen molar-refractivity contribution in [3.05, 3.63) is 17.5 Å². The van der Waals surface area contributed by atoms with Crippen LogP contribution in [0, 0.1) is 0 Å². The summed E-state index contributed by atoms with van der Waals surface area (Å²) in [5.41, 5.74) is 1.84. The predicted octanol–water partition coefficient (Wildman–Crippen LogP) is 0.925. The summed E-state index contributed by atoms with van der Waals surface area (Å²) in [4.78, 5) is 10.5. The van der Waals surface area contributed by atoms with Crippen LogP contribution < -0.4 is 0 Å². The topological polar surface area (TPSA) is 55.1 Å². The number of hydrogen-bond acceptors (Lipinski definition) is 2. The first kappa shape index (κ1) is 8.29. The van der Waals surface area contributed by atoms with Gasteiger partial charge < -0.3 is 5.11 Å². The van der Waals surface area contributed by atoms with Gasteiger partial charge in [0.25, 0.3) is 0 Å². The smallest absolute Gasteiger partial charge is 0.309 e. The lowest BCUT2D eigenvalue weighted by molar-refractivity contribution is -0.136. The molecule has 0 saturated heterocycles. The average Bonchev–Trinajstić information content (AvgIpc) is 2.79. The monoisotopic (exact) mass is 180 g/mol. The molecule has 0 bridgehead atoms. The van der Waals surface area contributed by atoms with Crippen molar-refractivity contribution in [2.75, 3.05) is 0 Å². The van der Waals surface area contributed by atoms with Crippen LogP contribution in [-0.2, 0) is 18.3 Å². The first-order chi connectivity index (χ1) is 6.16. The van der Waals surface area contributed by atoms with Crippen LogP contribution in [0.3, 0.4) is 0 Å². The third-order valence-electron chi connectivity index (χ3n) is 2.32. The van der Waals surface area contributed by atoms with Crippen LogP contribution >= 0.6 is 0 Å². The molecule has 0 aliphatic heterocycles. The van der Waals surface area contributed by atoms with Crippen molar-refractivity contribution in [3.8, 4) is 0 Å². The van der Waals surface area contributed by atoms with Gasteiger partial charge in [0.15, 0.2) is 0 Å². The SMILES string of the molecule is Cn1nc(C2CC2)cc1CC(=O)O. The molecule has 1 saturated carbocycles. The van der Waals surface area contributed by atoms with E-state index in [1.54, 1.807) is 11.7 Å². The number of nitrogens with zero attached hydrogens (tertiary/aromatic N) is 2. The fraction of sp³-hybridized carbons (Fsp3) is 0.556. The van der Waals surface area contributed by atoms with Crippen LogP contribution in [0.4, 0.5) is 0 Å². The highest BCUT2D eigenvalue weighted by Crippen LogP contribution is 2.39. The number of aryl methyl sites for hydroxylation is 1. The minimum atomic E-state index is -0.801. The lowest BCUT2D eigenvalue weighted by Gasteiger charge is -1.94. The molecule has 2 rings (SSSR count). The largest absolute Gasteiger partial charge is 0.481 e. The van der Waals surface area contributed by atoms with Gasteiger partial charge >= 0.3 is 5.97 Å². The molecule has 13 heavy (non-hydrogen) atoms. The summed E-state index contributed by atoms with van der Waals surface area (Å²) < 4.78 is 1.67. The molecular formula is C9H12N2O2. The number of carboxylic acid groups (broad SMARTS) is 1. The summed E-state index contributed by atoms with van der Waals surface area (Å²) in [6.45, 7) is 0. The third-order valence-corrected chi connectivity index (χ3v) is 2.32. The molecule has 0 amide bonds. The Morgan fingerprint density at radius 3 is 3.00 bits per heavy atom. The maximum absolute atomic E-state index is 10.5.